The molecular formula is C26H23N. The third kappa shape index (κ3) is 3.21. The molecule has 2 aliphatic rings. The lowest BCUT2D eigenvalue weighted by molar-refractivity contribution is 0.939. The van der Waals surface area contributed by atoms with Crippen LogP contribution in [0.15, 0.2) is 72.8 Å². The summed E-state index contributed by atoms with van der Waals surface area (Å²) in [4.78, 5) is 0. The first kappa shape index (κ1) is 16.1. The van der Waals surface area contributed by atoms with E-state index in [0.29, 0.717) is 6.04 Å². The van der Waals surface area contributed by atoms with Crippen molar-refractivity contribution in [2.45, 2.75) is 25.3 Å². The molecule has 0 fully saturated rings. The van der Waals surface area contributed by atoms with E-state index in [9.17, 15) is 0 Å². The molecule has 132 valence electrons. The maximum atomic E-state index is 3.71. The maximum absolute atomic E-state index is 3.71. The normalized spacial score (nSPS) is 17.3. The SMILES string of the molecule is C1=Cc2c(ccc3c2=CCC(Nc2cccc(-c4ccccc4)c2)C=3)CC1. The van der Waals surface area contributed by atoms with Gasteiger partial charge in [0.15, 0.2) is 0 Å². The minimum Gasteiger partial charge on any atom is -0.378 e. The van der Waals surface area contributed by atoms with E-state index >= 15 is 0 Å². The topological polar surface area (TPSA) is 12.0 Å². The van der Waals surface area contributed by atoms with E-state index in [4.69, 9.17) is 0 Å². The molecule has 0 aliphatic heterocycles. The van der Waals surface area contributed by atoms with Crippen LogP contribution in [0.2, 0.25) is 0 Å². The molecule has 1 N–H and O–H groups in total. The zero-order valence-corrected chi connectivity index (χ0v) is 15.4. The highest BCUT2D eigenvalue weighted by atomic mass is 14.9. The first-order valence-electron chi connectivity index (χ1n) is 9.79. The van der Waals surface area contributed by atoms with Gasteiger partial charge in [0.2, 0.25) is 0 Å². The highest BCUT2D eigenvalue weighted by Crippen LogP contribution is 2.23. The Morgan fingerprint density at radius 1 is 0.852 bits per heavy atom. The Hall–Kier alpha value is -3.06. The van der Waals surface area contributed by atoms with Crippen LogP contribution in [0, 0.1) is 0 Å². The summed E-state index contributed by atoms with van der Waals surface area (Å²) in [6, 6.07) is 24.2. The van der Waals surface area contributed by atoms with Crippen LogP contribution in [0.4, 0.5) is 5.69 Å². The lowest BCUT2D eigenvalue weighted by Gasteiger charge is -2.20. The first-order chi connectivity index (χ1) is 13.4. The number of benzene rings is 3. The quantitative estimate of drug-likeness (QED) is 0.719. The Morgan fingerprint density at radius 2 is 1.74 bits per heavy atom. The molecule has 5 rings (SSSR count). The van der Waals surface area contributed by atoms with Gasteiger partial charge in [-0.1, -0.05) is 78.9 Å². The molecule has 1 nitrogen and oxygen atoms in total. The molecule has 2 aliphatic carbocycles. The highest BCUT2D eigenvalue weighted by molar-refractivity contribution is 5.69. The minimum atomic E-state index is 0.328. The average Bonchev–Trinajstić information content (AvgIpc) is 2.74. The number of rotatable bonds is 3. The second-order valence-electron chi connectivity index (χ2n) is 7.39. The van der Waals surface area contributed by atoms with Crippen molar-refractivity contribution in [3.8, 4) is 11.1 Å². The molecule has 0 radical (unpaired) electrons. The summed E-state index contributed by atoms with van der Waals surface area (Å²) in [6.07, 6.45) is 12.7. The zero-order valence-electron chi connectivity index (χ0n) is 15.4. The van der Waals surface area contributed by atoms with Gasteiger partial charge in [-0.3, -0.25) is 0 Å². The molecule has 0 saturated carbocycles. The van der Waals surface area contributed by atoms with E-state index in [-0.39, 0.29) is 0 Å². The molecule has 0 bridgehead atoms. The molecule has 3 aromatic carbocycles. The van der Waals surface area contributed by atoms with Gasteiger partial charge >= 0.3 is 0 Å². The van der Waals surface area contributed by atoms with Gasteiger partial charge in [-0.25, -0.2) is 0 Å². The van der Waals surface area contributed by atoms with Crippen LogP contribution in [0.25, 0.3) is 29.4 Å². The van der Waals surface area contributed by atoms with Crippen LogP contribution >= 0.6 is 0 Å². The Kier molecular flexibility index (Phi) is 4.14. The fourth-order valence-corrected chi connectivity index (χ4v) is 4.19. The molecule has 1 atom stereocenters. The van der Waals surface area contributed by atoms with Crippen molar-refractivity contribution in [1.82, 2.24) is 0 Å². The van der Waals surface area contributed by atoms with E-state index in [2.05, 4.69) is 96.4 Å². The van der Waals surface area contributed by atoms with Crippen molar-refractivity contribution in [2.24, 2.45) is 0 Å². The second kappa shape index (κ2) is 6.92. The number of fused-ring (bicyclic) bond motifs is 3. The predicted octanol–water partition coefficient (Wildman–Crippen LogP) is 4.76. The molecule has 0 saturated heterocycles. The standard InChI is InChI=1S/C26H23N/c1-2-7-19(8-3-1)21-10-6-11-23(17-21)27-24-15-16-26-22(18-24)14-13-20-9-4-5-12-25(20)26/h1-3,5-8,10-14,16-18,24,27H,4,9,15H2. The van der Waals surface area contributed by atoms with Gasteiger partial charge in [0.1, 0.15) is 0 Å². The smallest absolute Gasteiger partial charge is 0.0488 e. The summed E-state index contributed by atoms with van der Waals surface area (Å²) in [5, 5.41) is 6.47. The monoisotopic (exact) mass is 349 g/mol. The van der Waals surface area contributed by atoms with Crippen molar-refractivity contribution in [3.05, 3.63) is 94.4 Å². The number of aryl methyl sites for hydroxylation is 1. The maximum Gasteiger partial charge on any atom is 0.0488 e. The summed E-state index contributed by atoms with van der Waals surface area (Å²) in [5.41, 5.74) is 6.60. The average molecular weight is 349 g/mol. The number of hydrogen-bond acceptors (Lipinski definition) is 1. The molecule has 27 heavy (non-hydrogen) atoms. The fourth-order valence-electron chi connectivity index (χ4n) is 4.19. The van der Waals surface area contributed by atoms with E-state index in [1.165, 1.54) is 44.8 Å². The molecule has 0 aromatic heterocycles. The van der Waals surface area contributed by atoms with Gasteiger partial charge in [0.05, 0.1) is 0 Å². The van der Waals surface area contributed by atoms with Crippen LogP contribution < -0.4 is 15.8 Å². The summed E-state index contributed by atoms with van der Waals surface area (Å²) < 4.78 is 0. The number of nitrogens with one attached hydrogen (secondary N) is 1. The van der Waals surface area contributed by atoms with Crippen LogP contribution in [-0.4, -0.2) is 6.04 Å². The molecule has 0 amide bonds. The van der Waals surface area contributed by atoms with Gasteiger partial charge in [-0.15, -0.1) is 0 Å². The molecular weight excluding hydrogens is 326 g/mol. The van der Waals surface area contributed by atoms with Crippen molar-refractivity contribution < 1.29 is 0 Å². The first-order valence-corrected chi connectivity index (χ1v) is 9.79. The van der Waals surface area contributed by atoms with Gasteiger partial charge in [-0.05, 0) is 64.1 Å². The third-order valence-electron chi connectivity index (χ3n) is 5.55. The molecule has 3 aromatic rings. The third-order valence-corrected chi connectivity index (χ3v) is 5.55. The van der Waals surface area contributed by atoms with E-state index < -0.39 is 0 Å². The van der Waals surface area contributed by atoms with Crippen molar-refractivity contribution in [2.75, 3.05) is 5.32 Å². The van der Waals surface area contributed by atoms with Gasteiger partial charge in [0.25, 0.3) is 0 Å². The molecule has 1 heteroatoms. The highest BCUT2D eigenvalue weighted by Gasteiger charge is 2.12. The van der Waals surface area contributed by atoms with Crippen LogP contribution in [-0.2, 0) is 6.42 Å². The van der Waals surface area contributed by atoms with Gasteiger partial charge in [0, 0.05) is 11.7 Å². The Labute approximate surface area is 160 Å². The fraction of sp³-hybridized carbons (Fsp3) is 0.154. The number of anilines is 1. The largest absolute Gasteiger partial charge is 0.378 e. The molecule has 0 heterocycles. The lowest BCUT2D eigenvalue weighted by atomic mass is 9.91. The number of hydrogen-bond donors (Lipinski definition) is 1. The van der Waals surface area contributed by atoms with E-state index in [1.54, 1.807) is 0 Å². The second-order valence-corrected chi connectivity index (χ2v) is 7.39. The Bertz CT molecular complexity index is 1120. The predicted molar refractivity (Wildman–Crippen MR) is 116 cm³/mol. The van der Waals surface area contributed by atoms with Gasteiger partial charge in [-0.2, -0.15) is 0 Å². The summed E-state index contributed by atoms with van der Waals surface area (Å²) in [5.74, 6) is 0. The lowest BCUT2D eigenvalue weighted by Crippen LogP contribution is -2.36. The Morgan fingerprint density at radius 3 is 2.67 bits per heavy atom. The van der Waals surface area contributed by atoms with Gasteiger partial charge < -0.3 is 5.32 Å². The van der Waals surface area contributed by atoms with E-state index in [1.807, 2.05) is 0 Å². The zero-order chi connectivity index (χ0) is 18.1. The molecule has 0 spiro atoms. The van der Waals surface area contributed by atoms with Crippen LogP contribution in [0.5, 0.6) is 0 Å². The number of allylic oxidation sites excluding steroid dienone is 1. The van der Waals surface area contributed by atoms with Crippen molar-refractivity contribution in [3.63, 3.8) is 0 Å². The van der Waals surface area contributed by atoms with Crippen molar-refractivity contribution >= 4 is 23.9 Å². The van der Waals surface area contributed by atoms with E-state index in [0.717, 1.165) is 12.8 Å². The van der Waals surface area contributed by atoms with Crippen LogP contribution in [0.1, 0.15) is 24.0 Å². The summed E-state index contributed by atoms with van der Waals surface area (Å²) in [6.45, 7) is 0. The van der Waals surface area contributed by atoms with Crippen LogP contribution in [0.3, 0.4) is 0 Å². The summed E-state index contributed by atoms with van der Waals surface area (Å²) >= 11 is 0. The van der Waals surface area contributed by atoms with Crippen molar-refractivity contribution in [1.29, 1.82) is 0 Å². The molecule has 1 unspecified atom stereocenters. The Balaban J connectivity index is 1.44. The summed E-state index contributed by atoms with van der Waals surface area (Å²) in [7, 11) is 0. The minimum absolute atomic E-state index is 0.328.